The summed E-state index contributed by atoms with van der Waals surface area (Å²) in [6, 6.07) is 0. The highest BCUT2D eigenvalue weighted by Gasteiger charge is 2.12. The minimum Gasteiger partial charge on any atom is -0.229 e. The molecule has 12 heavy (non-hydrogen) atoms. The number of halogens is 2. The van der Waals surface area contributed by atoms with Gasteiger partial charge in [-0.3, -0.25) is 0 Å². The van der Waals surface area contributed by atoms with Gasteiger partial charge < -0.3 is 0 Å². The van der Waals surface area contributed by atoms with E-state index in [1.807, 2.05) is 0 Å². The van der Waals surface area contributed by atoms with Gasteiger partial charge in [-0.05, 0) is 12.3 Å². The molecule has 0 unspecified atom stereocenters. The van der Waals surface area contributed by atoms with Crippen LogP contribution in [-0.4, -0.2) is 31.7 Å². The minimum absolute atomic E-state index is 0.120. The lowest BCUT2D eigenvalue weighted by molar-refractivity contribution is 0.578. The number of hydrogen-bond donors (Lipinski definition) is 0. The summed E-state index contributed by atoms with van der Waals surface area (Å²) in [4.78, 5) is 0. The summed E-state index contributed by atoms with van der Waals surface area (Å²) in [6.45, 7) is 1.64. The molecule has 0 aliphatic carbocycles. The maximum atomic E-state index is 11.0. The van der Waals surface area contributed by atoms with Crippen molar-refractivity contribution in [3.8, 4) is 0 Å². The first-order chi connectivity index (χ1) is 5.55. The molecule has 0 saturated carbocycles. The molecule has 0 aromatic rings. The van der Waals surface area contributed by atoms with E-state index in [0.29, 0.717) is 18.2 Å². The van der Waals surface area contributed by atoms with E-state index in [-0.39, 0.29) is 17.4 Å². The minimum atomic E-state index is -2.85. The molecule has 0 rings (SSSR count). The molecule has 0 saturated heterocycles. The normalized spacial score (nSPS) is 12.3. The Morgan fingerprint density at radius 1 is 1.25 bits per heavy atom. The lowest BCUT2D eigenvalue weighted by Crippen LogP contribution is -2.14. The predicted molar refractivity (Wildman–Crippen MR) is 53.9 cm³/mol. The SMILES string of the molecule is CCS(=O)(=O)CCC(CCl)CCl. The smallest absolute Gasteiger partial charge is 0.150 e. The van der Waals surface area contributed by atoms with Crippen LogP contribution in [0.5, 0.6) is 0 Å². The van der Waals surface area contributed by atoms with Crippen LogP contribution in [0.4, 0.5) is 0 Å². The van der Waals surface area contributed by atoms with Crippen LogP contribution in [-0.2, 0) is 9.84 Å². The highest BCUT2D eigenvalue weighted by atomic mass is 35.5. The summed E-state index contributed by atoms with van der Waals surface area (Å²) in [5.41, 5.74) is 0. The zero-order valence-electron chi connectivity index (χ0n) is 7.09. The predicted octanol–water partition coefficient (Wildman–Crippen LogP) is 1.91. The standard InChI is InChI=1S/C7H14Cl2O2S/c1-2-12(10,11)4-3-7(5-8)6-9/h7H,2-6H2,1H3. The van der Waals surface area contributed by atoms with Crippen molar-refractivity contribution < 1.29 is 8.42 Å². The molecule has 0 aromatic heterocycles. The second-order valence-electron chi connectivity index (χ2n) is 2.70. The highest BCUT2D eigenvalue weighted by molar-refractivity contribution is 7.91. The van der Waals surface area contributed by atoms with Gasteiger partial charge in [-0.25, -0.2) is 8.42 Å². The van der Waals surface area contributed by atoms with Crippen molar-refractivity contribution in [1.29, 1.82) is 0 Å². The van der Waals surface area contributed by atoms with Gasteiger partial charge in [0.25, 0.3) is 0 Å². The maximum absolute atomic E-state index is 11.0. The molecule has 0 atom stereocenters. The second kappa shape index (κ2) is 6.06. The number of rotatable bonds is 6. The summed E-state index contributed by atoms with van der Waals surface area (Å²) in [6.07, 6.45) is 0.573. The maximum Gasteiger partial charge on any atom is 0.150 e. The molecule has 2 nitrogen and oxygen atoms in total. The summed E-state index contributed by atoms with van der Waals surface area (Å²) < 4.78 is 22.1. The average Bonchev–Trinajstić information content (AvgIpc) is 2.06. The third-order valence-corrected chi connectivity index (χ3v) is 4.32. The van der Waals surface area contributed by atoms with Crippen LogP contribution in [0, 0.1) is 5.92 Å². The van der Waals surface area contributed by atoms with Crippen molar-refractivity contribution in [3.63, 3.8) is 0 Å². The van der Waals surface area contributed by atoms with E-state index in [1.54, 1.807) is 6.92 Å². The largest absolute Gasteiger partial charge is 0.229 e. The fourth-order valence-corrected chi connectivity index (χ4v) is 2.31. The summed E-state index contributed by atoms with van der Waals surface area (Å²) >= 11 is 11.1. The topological polar surface area (TPSA) is 34.1 Å². The van der Waals surface area contributed by atoms with Gasteiger partial charge in [-0.2, -0.15) is 0 Å². The Balaban J connectivity index is 3.81. The highest BCUT2D eigenvalue weighted by Crippen LogP contribution is 2.09. The van der Waals surface area contributed by atoms with E-state index in [2.05, 4.69) is 0 Å². The average molecular weight is 233 g/mol. The van der Waals surface area contributed by atoms with Crippen molar-refractivity contribution in [3.05, 3.63) is 0 Å². The monoisotopic (exact) mass is 232 g/mol. The van der Waals surface area contributed by atoms with E-state index < -0.39 is 9.84 Å². The van der Waals surface area contributed by atoms with Crippen LogP contribution in [0.15, 0.2) is 0 Å². The van der Waals surface area contributed by atoms with Crippen molar-refractivity contribution in [2.75, 3.05) is 23.3 Å². The molecule has 0 aromatic carbocycles. The zero-order chi connectivity index (χ0) is 9.61. The number of hydrogen-bond acceptors (Lipinski definition) is 2. The Labute approximate surface area is 84.2 Å². The zero-order valence-corrected chi connectivity index (χ0v) is 9.42. The van der Waals surface area contributed by atoms with Gasteiger partial charge in [0.1, 0.15) is 9.84 Å². The molecular weight excluding hydrogens is 219 g/mol. The third-order valence-electron chi connectivity index (χ3n) is 1.71. The Kier molecular flexibility index (Phi) is 6.32. The molecule has 0 bridgehead atoms. The van der Waals surface area contributed by atoms with Gasteiger partial charge in [0.15, 0.2) is 0 Å². The van der Waals surface area contributed by atoms with Crippen LogP contribution in [0.3, 0.4) is 0 Å². The molecule has 0 N–H and O–H groups in total. The number of sulfone groups is 1. The molecule has 74 valence electrons. The van der Waals surface area contributed by atoms with Crippen LogP contribution in [0.1, 0.15) is 13.3 Å². The van der Waals surface area contributed by atoms with Crippen LogP contribution < -0.4 is 0 Å². The Hall–Kier alpha value is 0.530. The van der Waals surface area contributed by atoms with Crippen molar-refractivity contribution >= 4 is 33.0 Å². The molecule has 0 amide bonds. The molecule has 0 heterocycles. The van der Waals surface area contributed by atoms with Gasteiger partial charge in [-0.15, -0.1) is 23.2 Å². The van der Waals surface area contributed by atoms with Crippen molar-refractivity contribution in [1.82, 2.24) is 0 Å². The van der Waals surface area contributed by atoms with E-state index >= 15 is 0 Å². The summed E-state index contributed by atoms with van der Waals surface area (Å²) in [5.74, 6) is 1.39. The molecular formula is C7H14Cl2O2S. The lowest BCUT2D eigenvalue weighted by Gasteiger charge is -2.08. The van der Waals surface area contributed by atoms with Crippen molar-refractivity contribution in [2.45, 2.75) is 13.3 Å². The summed E-state index contributed by atoms with van der Waals surface area (Å²) in [5, 5.41) is 0. The molecule has 0 aliphatic heterocycles. The Morgan fingerprint density at radius 2 is 1.75 bits per heavy atom. The molecule has 0 fully saturated rings. The van der Waals surface area contributed by atoms with Gasteiger partial charge >= 0.3 is 0 Å². The Morgan fingerprint density at radius 3 is 2.08 bits per heavy atom. The van der Waals surface area contributed by atoms with Crippen molar-refractivity contribution in [2.24, 2.45) is 5.92 Å². The molecule has 5 heteroatoms. The first-order valence-electron chi connectivity index (χ1n) is 3.88. The summed E-state index contributed by atoms with van der Waals surface area (Å²) in [7, 11) is -2.85. The van der Waals surface area contributed by atoms with Gasteiger partial charge in [0.05, 0.1) is 5.75 Å². The Bertz CT molecular complexity index is 197. The molecule has 0 radical (unpaired) electrons. The van der Waals surface area contributed by atoms with E-state index in [4.69, 9.17) is 23.2 Å². The number of alkyl halides is 2. The van der Waals surface area contributed by atoms with E-state index in [1.165, 1.54) is 0 Å². The second-order valence-corrected chi connectivity index (χ2v) is 5.79. The molecule has 0 aliphatic rings. The van der Waals surface area contributed by atoms with Crippen LogP contribution >= 0.6 is 23.2 Å². The van der Waals surface area contributed by atoms with E-state index in [9.17, 15) is 8.42 Å². The van der Waals surface area contributed by atoms with Gasteiger partial charge in [0.2, 0.25) is 0 Å². The first kappa shape index (κ1) is 12.5. The van der Waals surface area contributed by atoms with Crippen LogP contribution in [0.2, 0.25) is 0 Å². The third kappa shape index (κ3) is 5.22. The fraction of sp³-hybridized carbons (Fsp3) is 1.00. The quantitative estimate of drug-likeness (QED) is 0.656. The van der Waals surface area contributed by atoms with Gasteiger partial charge in [-0.1, -0.05) is 6.92 Å². The first-order valence-corrected chi connectivity index (χ1v) is 6.77. The molecule has 0 spiro atoms. The van der Waals surface area contributed by atoms with E-state index in [0.717, 1.165) is 0 Å². The fourth-order valence-electron chi connectivity index (χ4n) is 0.686. The lowest BCUT2D eigenvalue weighted by atomic mass is 10.2. The van der Waals surface area contributed by atoms with Crippen LogP contribution in [0.25, 0.3) is 0 Å². The van der Waals surface area contributed by atoms with Gasteiger partial charge in [0, 0.05) is 17.5 Å².